The summed E-state index contributed by atoms with van der Waals surface area (Å²) in [6.45, 7) is 0. The SMILES string of the molecule is Cn1c(S)cc2ccccc21. The molecule has 0 fully saturated rings. The Hall–Kier alpha value is -0.890. The lowest BCUT2D eigenvalue weighted by molar-refractivity contribution is 0.866. The van der Waals surface area contributed by atoms with Gasteiger partial charge in [0.1, 0.15) is 0 Å². The molecular formula is C9H9NS. The Balaban J connectivity index is 2.92. The van der Waals surface area contributed by atoms with Crippen LogP contribution in [0.3, 0.4) is 0 Å². The number of aromatic nitrogens is 1. The molecule has 0 amide bonds. The molecular weight excluding hydrogens is 154 g/mol. The number of hydrogen-bond donors (Lipinski definition) is 1. The predicted molar refractivity (Wildman–Crippen MR) is 50.2 cm³/mol. The Morgan fingerprint density at radius 3 is 2.73 bits per heavy atom. The van der Waals surface area contributed by atoms with Gasteiger partial charge in [-0.15, -0.1) is 12.6 Å². The Labute approximate surface area is 71.1 Å². The number of hydrogen-bond acceptors (Lipinski definition) is 1. The molecule has 1 aromatic carbocycles. The lowest BCUT2D eigenvalue weighted by Gasteiger charge is -1.95. The van der Waals surface area contributed by atoms with E-state index in [1.54, 1.807) is 0 Å². The maximum atomic E-state index is 4.32. The number of para-hydroxylation sites is 1. The van der Waals surface area contributed by atoms with E-state index < -0.39 is 0 Å². The standard InChI is InChI=1S/C9H9NS/c1-10-8-5-3-2-4-7(8)6-9(10)11/h2-6,11H,1H3. The van der Waals surface area contributed by atoms with Crippen molar-refractivity contribution in [2.24, 2.45) is 7.05 Å². The zero-order valence-corrected chi connectivity index (χ0v) is 7.18. The highest BCUT2D eigenvalue weighted by Crippen LogP contribution is 2.19. The van der Waals surface area contributed by atoms with Crippen molar-refractivity contribution in [1.29, 1.82) is 0 Å². The Morgan fingerprint density at radius 2 is 2.00 bits per heavy atom. The number of rotatable bonds is 0. The molecule has 0 aliphatic heterocycles. The molecule has 0 atom stereocenters. The van der Waals surface area contributed by atoms with E-state index in [0.29, 0.717) is 0 Å². The Bertz CT molecular complexity index is 389. The molecule has 0 unspecified atom stereocenters. The molecule has 11 heavy (non-hydrogen) atoms. The summed E-state index contributed by atoms with van der Waals surface area (Å²) >= 11 is 4.32. The van der Waals surface area contributed by atoms with Gasteiger partial charge >= 0.3 is 0 Å². The van der Waals surface area contributed by atoms with Crippen molar-refractivity contribution in [3.05, 3.63) is 30.3 Å². The maximum absolute atomic E-state index is 4.32. The fourth-order valence-electron chi connectivity index (χ4n) is 1.27. The molecule has 0 saturated heterocycles. The summed E-state index contributed by atoms with van der Waals surface area (Å²) in [5.41, 5.74) is 1.23. The molecule has 0 aliphatic rings. The fourth-order valence-corrected chi connectivity index (χ4v) is 1.52. The van der Waals surface area contributed by atoms with Gasteiger partial charge in [0.25, 0.3) is 0 Å². The van der Waals surface area contributed by atoms with Crippen LogP contribution in [0.1, 0.15) is 0 Å². The van der Waals surface area contributed by atoms with Crippen molar-refractivity contribution in [2.75, 3.05) is 0 Å². The number of thiol groups is 1. The number of benzene rings is 1. The van der Waals surface area contributed by atoms with E-state index in [1.165, 1.54) is 10.9 Å². The first kappa shape index (κ1) is 6.80. The molecule has 56 valence electrons. The van der Waals surface area contributed by atoms with E-state index in [0.717, 1.165) is 5.03 Å². The van der Waals surface area contributed by atoms with Crippen LogP contribution in [0.5, 0.6) is 0 Å². The van der Waals surface area contributed by atoms with Crippen molar-refractivity contribution < 1.29 is 0 Å². The molecule has 1 aromatic heterocycles. The van der Waals surface area contributed by atoms with Gasteiger partial charge in [-0.25, -0.2) is 0 Å². The zero-order valence-electron chi connectivity index (χ0n) is 6.28. The largest absolute Gasteiger partial charge is 0.339 e. The van der Waals surface area contributed by atoms with Gasteiger partial charge in [-0.2, -0.15) is 0 Å². The number of aryl methyl sites for hydroxylation is 1. The number of fused-ring (bicyclic) bond motifs is 1. The van der Waals surface area contributed by atoms with Crippen LogP contribution in [0, 0.1) is 0 Å². The first-order valence-electron chi connectivity index (χ1n) is 3.52. The smallest absolute Gasteiger partial charge is 0.0725 e. The minimum Gasteiger partial charge on any atom is -0.339 e. The first-order chi connectivity index (χ1) is 5.29. The van der Waals surface area contributed by atoms with Gasteiger partial charge in [0.15, 0.2) is 0 Å². The summed E-state index contributed by atoms with van der Waals surface area (Å²) in [6.07, 6.45) is 0. The second-order valence-corrected chi connectivity index (χ2v) is 3.08. The monoisotopic (exact) mass is 163 g/mol. The van der Waals surface area contributed by atoms with E-state index in [-0.39, 0.29) is 0 Å². The summed E-state index contributed by atoms with van der Waals surface area (Å²) in [5, 5.41) is 2.26. The van der Waals surface area contributed by atoms with E-state index in [9.17, 15) is 0 Å². The molecule has 0 spiro atoms. The molecule has 1 heterocycles. The first-order valence-corrected chi connectivity index (χ1v) is 3.97. The summed E-state index contributed by atoms with van der Waals surface area (Å²) < 4.78 is 2.07. The Kier molecular flexibility index (Phi) is 1.43. The molecule has 1 nitrogen and oxygen atoms in total. The van der Waals surface area contributed by atoms with Gasteiger partial charge in [-0.1, -0.05) is 18.2 Å². The molecule has 0 N–H and O–H groups in total. The Morgan fingerprint density at radius 1 is 1.27 bits per heavy atom. The van der Waals surface area contributed by atoms with Crippen molar-refractivity contribution in [2.45, 2.75) is 5.03 Å². The minimum absolute atomic E-state index is 1.01. The normalized spacial score (nSPS) is 10.7. The van der Waals surface area contributed by atoms with E-state index >= 15 is 0 Å². The lowest BCUT2D eigenvalue weighted by atomic mass is 10.2. The molecule has 2 heteroatoms. The van der Waals surface area contributed by atoms with E-state index in [2.05, 4.69) is 35.4 Å². The quantitative estimate of drug-likeness (QED) is 0.569. The second kappa shape index (κ2) is 2.31. The van der Waals surface area contributed by atoms with Crippen LogP contribution in [0.4, 0.5) is 0 Å². The summed E-state index contributed by atoms with van der Waals surface area (Å²) in [5.74, 6) is 0. The van der Waals surface area contributed by atoms with Crippen molar-refractivity contribution in [1.82, 2.24) is 4.57 Å². The molecule has 0 radical (unpaired) electrons. The zero-order chi connectivity index (χ0) is 7.84. The van der Waals surface area contributed by atoms with E-state index in [4.69, 9.17) is 0 Å². The summed E-state index contributed by atoms with van der Waals surface area (Å²) in [6, 6.07) is 10.3. The minimum atomic E-state index is 1.01. The van der Waals surface area contributed by atoms with Gasteiger partial charge < -0.3 is 4.57 Å². The molecule has 2 rings (SSSR count). The average molecular weight is 163 g/mol. The van der Waals surface area contributed by atoms with Crippen LogP contribution in [-0.4, -0.2) is 4.57 Å². The van der Waals surface area contributed by atoms with Crippen molar-refractivity contribution in [3.63, 3.8) is 0 Å². The molecule has 0 bridgehead atoms. The summed E-state index contributed by atoms with van der Waals surface area (Å²) in [7, 11) is 2.02. The van der Waals surface area contributed by atoms with Gasteiger partial charge in [0.2, 0.25) is 0 Å². The molecule has 0 saturated carbocycles. The van der Waals surface area contributed by atoms with Gasteiger partial charge in [0.05, 0.1) is 5.03 Å². The topological polar surface area (TPSA) is 4.93 Å². The van der Waals surface area contributed by atoms with Gasteiger partial charge in [-0.05, 0) is 12.1 Å². The highest BCUT2D eigenvalue weighted by molar-refractivity contribution is 7.80. The summed E-state index contributed by atoms with van der Waals surface area (Å²) in [4.78, 5) is 0. The predicted octanol–water partition coefficient (Wildman–Crippen LogP) is 2.47. The molecule has 2 aromatic rings. The van der Waals surface area contributed by atoms with Crippen LogP contribution in [-0.2, 0) is 7.05 Å². The third-order valence-corrected chi connectivity index (χ3v) is 2.36. The van der Waals surface area contributed by atoms with Crippen LogP contribution < -0.4 is 0 Å². The average Bonchev–Trinajstić information content (AvgIpc) is 2.30. The highest BCUT2D eigenvalue weighted by Gasteiger charge is 1.99. The van der Waals surface area contributed by atoms with Gasteiger partial charge in [-0.3, -0.25) is 0 Å². The molecule has 0 aliphatic carbocycles. The van der Waals surface area contributed by atoms with E-state index in [1.807, 2.05) is 19.2 Å². The third-order valence-electron chi connectivity index (χ3n) is 1.93. The second-order valence-electron chi connectivity index (χ2n) is 2.62. The van der Waals surface area contributed by atoms with Crippen LogP contribution in [0.25, 0.3) is 10.9 Å². The highest BCUT2D eigenvalue weighted by atomic mass is 32.1. The fraction of sp³-hybridized carbons (Fsp3) is 0.111. The van der Waals surface area contributed by atoms with Crippen LogP contribution >= 0.6 is 12.6 Å². The third kappa shape index (κ3) is 0.942. The van der Waals surface area contributed by atoms with Crippen LogP contribution in [0.2, 0.25) is 0 Å². The van der Waals surface area contributed by atoms with Crippen molar-refractivity contribution >= 4 is 23.5 Å². The lowest BCUT2D eigenvalue weighted by Crippen LogP contribution is -1.85. The van der Waals surface area contributed by atoms with Crippen LogP contribution in [0.15, 0.2) is 35.4 Å². The number of nitrogens with zero attached hydrogens (tertiary/aromatic N) is 1. The maximum Gasteiger partial charge on any atom is 0.0725 e. The van der Waals surface area contributed by atoms with Gasteiger partial charge in [0, 0.05) is 18.0 Å². The van der Waals surface area contributed by atoms with Crippen molar-refractivity contribution in [3.8, 4) is 0 Å².